The van der Waals surface area contributed by atoms with Crippen LogP contribution in [0.2, 0.25) is 0 Å². The third-order valence-corrected chi connectivity index (χ3v) is 2.29. The Kier molecular flexibility index (Phi) is 2.78. The Morgan fingerprint density at radius 1 is 1.53 bits per heavy atom. The molecule has 0 bridgehead atoms. The second-order valence-corrected chi connectivity index (χ2v) is 3.35. The van der Waals surface area contributed by atoms with E-state index in [2.05, 4.69) is 10.1 Å². The van der Waals surface area contributed by atoms with Crippen LogP contribution in [0.1, 0.15) is 16.1 Å². The highest BCUT2D eigenvalue weighted by molar-refractivity contribution is 5.95. The fourth-order valence-electron chi connectivity index (χ4n) is 1.47. The topological polar surface area (TPSA) is 85.5 Å². The number of methoxy groups -OCH3 is 1. The zero-order chi connectivity index (χ0) is 12.4. The van der Waals surface area contributed by atoms with Crippen LogP contribution in [-0.2, 0) is 0 Å². The Balaban J connectivity index is 2.56. The highest BCUT2D eigenvalue weighted by atomic mass is 16.5. The zero-order valence-corrected chi connectivity index (χ0v) is 9.30. The molecule has 0 radical (unpaired) electrons. The number of nitrogens with zero attached hydrogens (tertiary/aromatic N) is 2. The van der Waals surface area contributed by atoms with E-state index in [9.17, 15) is 4.79 Å². The molecule has 0 aliphatic carbocycles. The molecule has 17 heavy (non-hydrogen) atoms. The molecule has 0 unspecified atom stereocenters. The third-order valence-electron chi connectivity index (χ3n) is 2.29. The van der Waals surface area contributed by atoms with Crippen LogP contribution in [0.15, 0.2) is 22.9 Å². The molecule has 0 spiro atoms. The number of pyridine rings is 1. The highest BCUT2D eigenvalue weighted by Crippen LogP contribution is 2.25. The van der Waals surface area contributed by atoms with Gasteiger partial charge in [0.2, 0.25) is 0 Å². The van der Waals surface area contributed by atoms with Gasteiger partial charge in [0.15, 0.2) is 0 Å². The quantitative estimate of drug-likeness (QED) is 0.870. The minimum Gasteiger partial charge on any atom is -0.497 e. The molecule has 0 aliphatic heterocycles. The number of aryl methyl sites for hydroxylation is 1. The molecule has 2 heterocycles. The van der Waals surface area contributed by atoms with E-state index >= 15 is 0 Å². The molecule has 2 rings (SSSR count). The summed E-state index contributed by atoms with van der Waals surface area (Å²) in [5, 5.41) is 12.8. The fraction of sp³-hybridized carbons (Fsp3) is 0.182. The second-order valence-electron chi connectivity index (χ2n) is 3.35. The largest absolute Gasteiger partial charge is 0.497 e. The molecule has 6 heteroatoms. The Morgan fingerprint density at radius 3 is 2.94 bits per heavy atom. The number of hydrogen-bond donors (Lipinski definition) is 1. The molecule has 0 aromatic carbocycles. The first-order chi connectivity index (χ1) is 8.13. The van der Waals surface area contributed by atoms with Gasteiger partial charge < -0.3 is 14.4 Å². The third kappa shape index (κ3) is 1.96. The number of rotatable bonds is 3. The molecular weight excluding hydrogens is 224 g/mol. The lowest BCUT2D eigenvalue weighted by Gasteiger charge is -2.01. The van der Waals surface area contributed by atoms with Crippen LogP contribution in [0.5, 0.6) is 5.75 Å². The molecule has 0 fully saturated rings. The monoisotopic (exact) mass is 234 g/mol. The summed E-state index contributed by atoms with van der Waals surface area (Å²) >= 11 is 0. The van der Waals surface area contributed by atoms with Gasteiger partial charge in [-0.05, 0) is 13.0 Å². The molecule has 0 saturated carbocycles. The van der Waals surface area contributed by atoms with Gasteiger partial charge in [0, 0.05) is 12.3 Å². The summed E-state index contributed by atoms with van der Waals surface area (Å²) in [6.45, 7) is 1.54. The standard InChI is InChI=1S/C11H10N2O4/c1-6-9(11(14)15)10(13-17-6)8-5-7(16-2)3-4-12-8/h3-5H,1-2H3,(H,14,15). The number of aromatic carboxylic acids is 1. The lowest BCUT2D eigenvalue weighted by atomic mass is 10.1. The number of carboxylic acids is 1. The molecule has 0 amide bonds. The molecule has 88 valence electrons. The summed E-state index contributed by atoms with van der Waals surface area (Å²) in [6, 6.07) is 3.26. The summed E-state index contributed by atoms with van der Waals surface area (Å²) in [6.07, 6.45) is 1.52. The van der Waals surface area contributed by atoms with Crippen molar-refractivity contribution in [3.63, 3.8) is 0 Å². The summed E-state index contributed by atoms with van der Waals surface area (Å²) in [7, 11) is 1.52. The molecular formula is C11H10N2O4. The van der Waals surface area contributed by atoms with Crippen LogP contribution in [0.25, 0.3) is 11.4 Å². The van der Waals surface area contributed by atoms with Crippen molar-refractivity contribution < 1.29 is 19.2 Å². The van der Waals surface area contributed by atoms with Crippen molar-refractivity contribution in [3.8, 4) is 17.1 Å². The minimum absolute atomic E-state index is 0.0192. The Bertz CT molecular complexity index is 562. The van der Waals surface area contributed by atoms with E-state index < -0.39 is 5.97 Å². The second kappa shape index (κ2) is 4.25. The molecule has 0 atom stereocenters. The van der Waals surface area contributed by atoms with Crippen molar-refractivity contribution in [1.29, 1.82) is 0 Å². The predicted octanol–water partition coefficient (Wildman–Crippen LogP) is 1.75. The molecule has 6 nitrogen and oxygen atoms in total. The number of carboxylic acid groups (broad SMARTS) is 1. The average Bonchev–Trinajstić information content (AvgIpc) is 2.71. The van der Waals surface area contributed by atoms with Crippen LogP contribution in [0.3, 0.4) is 0 Å². The van der Waals surface area contributed by atoms with Crippen LogP contribution >= 0.6 is 0 Å². The van der Waals surface area contributed by atoms with Gasteiger partial charge >= 0.3 is 5.97 Å². The van der Waals surface area contributed by atoms with Crippen LogP contribution in [-0.4, -0.2) is 28.3 Å². The molecule has 1 N–H and O–H groups in total. The van der Waals surface area contributed by atoms with Crippen molar-refractivity contribution in [3.05, 3.63) is 29.7 Å². The minimum atomic E-state index is -1.09. The number of aromatic nitrogens is 2. The summed E-state index contributed by atoms with van der Waals surface area (Å²) in [5.74, 6) is -0.271. The lowest BCUT2D eigenvalue weighted by molar-refractivity contribution is 0.0695. The van der Waals surface area contributed by atoms with Gasteiger partial charge in [0.25, 0.3) is 0 Å². The zero-order valence-electron chi connectivity index (χ0n) is 9.30. The Hall–Kier alpha value is -2.37. The van der Waals surface area contributed by atoms with E-state index in [0.29, 0.717) is 11.4 Å². The van der Waals surface area contributed by atoms with Gasteiger partial charge in [-0.2, -0.15) is 0 Å². The van der Waals surface area contributed by atoms with Crippen LogP contribution < -0.4 is 4.74 Å². The smallest absolute Gasteiger partial charge is 0.341 e. The van der Waals surface area contributed by atoms with Crippen LogP contribution in [0.4, 0.5) is 0 Å². The number of hydrogen-bond acceptors (Lipinski definition) is 5. The van der Waals surface area contributed by atoms with Gasteiger partial charge in [0.1, 0.15) is 22.8 Å². The first-order valence-corrected chi connectivity index (χ1v) is 4.83. The van der Waals surface area contributed by atoms with Gasteiger partial charge in [0.05, 0.1) is 12.8 Å². The summed E-state index contributed by atoms with van der Waals surface area (Å²) in [5.41, 5.74) is 0.623. The maximum Gasteiger partial charge on any atom is 0.341 e. The normalized spacial score (nSPS) is 10.2. The van der Waals surface area contributed by atoms with Gasteiger partial charge in [-0.1, -0.05) is 5.16 Å². The van der Waals surface area contributed by atoms with E-state index in [4.69, 9.17) is 14.4 Å². The van der Waals surface area contributed by atoms with E-state index in [0.717, 1.165) is 0 Å². The van der Waals surface area contributed by atoms with Gasteiger partial charge in [-0.25, -0.2) is 4.79 Å². The van der Waals surface area contributed by atoms with Crippen molar-refractivity contribution >= 4 is 5.97 Å². The maximum absolute atomic E-state index is 11.1. The number of ether oxygens (including phenoxy) is 1. The van der Waals surface area contributed by atoms with Crippen molar-refractivity contribution in [2.45, 2.75) is 6.92 Å². The van der Waals surface area contributed by atoms with E-state index in [1.807, 2.05) is 0 Å². The Morgan fingerprint density at radius 2 is 2.29 bits per heavy atom. The first-order valence-electron chi connectivity index (χ1n) is 4.83. The highest BCUT2D eigenvalue weighted by Gasteiger charge is 2.21. The summed E-state index contributed by atoms with van der Waals surface area (Å²) in [4.78, 5) is 15.1. The van der Waals surface area contributed by atoms with E-state index in [1.54, 1.807) is 19.1 Å². The fourth-order valence-corrected chi connectivity index (χ4v) is 1.47. The van der Waals surface area contributed by atoms with Gasteiger partial charge in [-0.3, -0.25) is 4.98 Å². The van der Waals surface area contributed by atoms with E-state index in [-0.39, 0.29) is 17.0 Å². The molecule has 2 aromatic heterocycles. The molecule has 2 aromatic rings. The van der Waals surface area contributed by atoms with Crippen molar-refractivity contribution in [2.75, 3.05) is 7.11 Å². The maximum atomic E-state index is 11.1. The van der Waals surface area contributed by atoms with Crippen LogP contribution in [0, 0.1) is 6.92 Å². The Labute approximate surface area is 96.8 Å². The lowest BCUT2D eigenvalue weighted by Crippen LogP contribution is -2.00. The first kappa shape index (κ1) is 11.1. The van der Waals surface area contributed by atoms with E-state index in [1.165, 1.54) is 13.3 Å². The van der Waals surface area contributed by atoms with Crippen molar-refractivity contribution in [2.24, 2.45) is 0 Å². The predicted molar refractivity (Wildman–Crippen MR) is 58.0 cm³/mol. The average molecular weight is 234 g/mol. The molecule has 0 saturated heterocycles. The molecule has 0 aliphatic rings. The van der Waals surface area contributed by atoms with Gasteiger partial charge in [-0.15, -0.1) is 0 Å². The number of carbonyl (C=O) groups is 1. The summed E-state index contributed by atoms with van der Waals surface area (Å²) < 4.78 is 9.91. The SMILES string of the molecule is COc1ccnc(-c2noc(C)c2C(=O)O)c1. The van der Waals surface area contributed by atoms with Crippen molar-refractivity contribution in [1.82, 2.24) is 10.1 Å².